The molecule has 1 atom stereocenters. The number of piperazine rings is 1. The molecule has 1 amide bonds. The fraction of sp³-hybridized carbons (Fsp3) is 0.250. The maximum atomic E-state index is 13.3. The smallest absolute Gasteiger partial charge is 0.254 e. The number of hydrogen-bond acceptors (Lipinski definition) is 4. The molecule has 0 saturated carbocycles. The molecule has 0 bridgehead atoms. The van der Waals surface area contributed by atoms with Gasteiger partial charge in [0.05, 0.1) is 6.04 Å². The molecule has 2 heterocycles. The zero-order valence-corrected chi connectivity index (χ0v) is 14.7. The number of hydrogen-bond donors (Lipinski definition) is 0. The first kappa shape index (κ1) is 16.5. The van der Waals surface area contributed by atoms with E-state index in [1.54, 1.807) is 17.2 Å². The van der Waals surface area contributed by atoms with Crippen LogP contribution in [-0.4, -0.2) is 57.2 Å². The van der Waals surface area contributed by atoms with Crippen LogP contribution in [0.5, 0.6) is 0 Å². The second kappa shape index (κ2) is 7.09. The van der Waals surface area contributed by atoms with Crippen molar-refractivity contribution in [1.82, 2.24) is 24.6 Å². The highest BCUT2D eigenvalue weighted by molar-refractivity contribution is 5.95. The maximum absolute atomic E-state index is 13.3. The van der Waals surface area contributed by atoms with Gasteiger partial charge in [-0.1, -0.05) is 36.4 Å². The molecular formula is C20H21N5O. The minimum absolute atomic E-state index is 0.0565. The van der Waals surface area contributed by atoms with Crippen molar-refractivity contribution < 1.29 is 4.79 Å². The van der Waals surface area contributed by atoms with Crippen LogP contribution in [0.1, 0.15) is 22.0 Å². The summed E-state index contributed by atoms with van der Waals surface area (Å²) in [7, 11) is 2.10. The van der Waals surface area contributed by atoms with E-state index in [2.05, 4.69) is 34.3 Å². The molecule has 0 unspecified atom stereocenters. The molecule has 26 heavy (non-hydrogen) atoms. The first-order valence-corrected chi connectivity index (χ1v) is 8.72. The van der Waals surface area contributed by atoms with Crippen molar-refractivity contribution in [2.45, 2.75) is 6.04 Å². The number of carbonyl (C=O) groups excluding carboxylic acids is 1. The lowest BCUT2D eigenvalue weighted by molar-refractivity contribution is 0.0498. The summed E-state index contributed by atoms with van der Waals surface area (Å²) in [5, 5.41) is 7.67. The Labute approximate surface area is 152 Å². The average Bonchev–Trinajstić information content (AvgIpc) is 3.23. The minimum Gasteiger partial charge on any atom is -0.329 e. The van der Waals surface area contributed by atoms with E-state index < -0.39 is 0 Å². The van der Waals surface area contributed by atoms with Crippen molar-refractivity contribution in [3.05, 3.63) is 78.4 Å². The van der Waals surface area contributed by atoms with Gasteiger partial charge in [0, 0.05) is 30.9 Å². The van der Waals surface area contributed by atoms with E-state index in [-0.39, 0.29) is 11.9 Å². The van der Waals surface area contributed by atoms with Crippen molar-refractivity contribution in [3.63, 3.8) is 0 Å². The molecule has 2 aromatic carbocycles. The molecule has 0 spiro atoms. The highest BCUT2D eigenvalue weighted by Crippen LogP contribution is 2.27. The number of benzene rings is 2. The normalized spacial score (nSPS) is 18.0. The fourth-order valence-corrected chi connectivity index (χ4v) is 3.42. The summed E-state index contributed by atoms with van der Waals surface area (Å²) in [4.78, 5) is 17.5. The molecule has 1 saturated heterocycles. The van der Waals surface area contributed by atoms with Crippen LogP contribution in [0.15, 0.2) is 67.3 Å². The summed E-state index contributed by atoms with van der Waals surface area (Å²) in [5.41, 5.74) is 2.73. The predicted octanol–water partition coefficient (Wildman–Crippen LogP) is 2.40. The third kappa shape index (κ3) is 3.23. The Morgan fingerprint density at radius 3 is 2.54 bits per heavy atom. The molecule has 1 fully saturated rings. The van der Waals surface area contributed by atoms with E-state index >= 15 is 0 Å². The number of likely N-dealkylation sites (N-methyl/N-ethyl adjacent to an activating group) is 1. The Balaban J connectivity index is 1.65. The van der Waals surface area contributed by atoms with E-state index in [9.17, 15) is 4.79 Å². The Hall–Kier alpha value is -2.99. The van der Waals surface area contributed by atoms with Gasteiger partial charge < -0.3 is 9.80 Å². The Morgan fingerprint density at radius 2 is 1.77 bits per heavy atom. The number of carbonyl (C=O) groups is 1. The summed E-state index contributed by atoms with van der Waals surface area (Å²) >= 11 is 0. The van der Waals surface area contributed by atoms with Crippen LogP contribution in [0.4, 0.5) is 0 Å². The molecule has 3 aromatic rings. The molecular weight excluding hydrogens is 326 g/mol. The number of aromatic nitrogens is 3. The summed E-state index contributed by atoms with van der Waals surface area (Å²) in [6.07, 6.45) is 3.26. The van der Waals surface area contributed by atoms with E-state index in [0.29, 0.717) is 12.1 Å². The van der Waals surface area contributed by atoms with Gasteiger partial charge in [-0.25, -0.2) is 0 Å². The molecule has 0 radical (unpaired) electrons. The third-order valence-electron chi connectivity index (χ3n) is 4.84. The average molecular weight is 347 g/mol. The van der Waals surface area contributed by atoms with Crippen LogP contribution < -0.4 is 0 Å². The van der Waals surface area contributed by atoms with Gasteiger partial charge in [0.2, 0.25) is 0 Å². The van der Waals surface area contributed by atoms with Gasteiger partial charge >= 0.3 is 0 Å². The van der Waals surface area contributed by atoms with E-state index in [0.717, 1.165) is 18.8 Å². The highest BCUT2D eigenvalue weighted by atomic mass is 16.2. The summed E-state index contributed by atoms with van der Waals surface area (Å²) < 4.78 is 1.80. The van der Waals surface area contributed by atoms with Crippen molar-refractivity contribution in [1.29, 1.82) is 0 Å². The van der Waals surface area contributed by atoms with Crippen molar-refractivity contribution in [2.75, 3.05) is 26.7 Å². The van der Waals surface area contributed by atoms with Crippen molar-refractivity contribution >= 4 is 5.91 Å². The molecule has 0 aliphatic carbocycles. The Bertz CT molecular complexity index is 878. The molecule has 6 heteroatoms. The molecule has 1 aliphatic rings. The van der Waals surface area contributed by atoms with Crippen LogP contribution >= 0.6 is 0 Å². The van der Waals surface area contributed by atoms with Gasteiger partial charge in [-0.3, -0.25) is 9.36 Å². The molecule has 4 rings (SSSR count). The van der Waals surface area contributed by atoms with Crippen molar-refractivity contribution in [3.8, 4) is 5.69 Å². The maximum Gasteiger partial charge on any atom is 0.254 e. The summed E-state index contributed by atoms with van der Waals surface area (Å²) in [5.74, 6) is 0.0573. The lowest BCUT2D eigenvalue weighted by atomic mass is 10.0. The Morgan fingerprint density at radius 1 is 1.00 bits per heavy atom. The quantitative estimate of drug-likeness (QED) is 0.730. The lowest BCUT2D eigenvalue weighted by Crippen LogP contribution is -2.49. The van der Waals surface area contributed by atoms with Gasteiger partial charge in [0.25, 0.3) is 5.91 Å². The highest BCUT2D eigenvalue weighted by Gasteiger charge is 2.30. The van der Waals surface area contributed by atoms with E-state index in [1.165, 1.54) is 5.56 Å². The molecule has 1 aliphatic heterocycles. The standard InChI is InChI=1S/C20H21N5O/c1-23-10-11-25(19(13-23)16-6-3-2-4-7-16)20(26)17-8-5-9-18(12-17)24-14-21-22-15-24/h2-9,12,14-15,19H,10-11,13H2,1H3/t19-/m1/s1. The van der Waals surface area contributed by atoms with Gasteiger partial charge in [0.1, 0.15) is 12.7 Å². The van der Waals surface area contributed by atoms with E-state index in [1.807, 2.05) is 47.4 Å². The first-order chi connectivity index (χ1) is 12.7. The zero-order chi connectivity index (χ0) is 17.9. The van der Waals surface area contributed by atoms with Gasteiger partial charge in [-0.15, -0.1) is 10.2 Å². The molecule has 0 N–H and O–H groups in total. The van der Waals surface area contributed by atoms with Crippen LogP contribution in [0.3, 0.4) is 0 Å². The largest absolute Gasteiger partial charge is 0.329 e. The fourth-order valence-electron chi connectivity index (χ4n) is 3.42. The van der Waals surface area contributed by atoms with Gasteiger partial charge in [-0.05, 0) is 30.8 Å². The first-order valence-electron chi connectivity index (χ1n) is 8.72. The minimum atomic E-state index is 0.0565. The molecule has 6 nitrogen and oxygen atoms in total. The number of nitrogens with zero attached hydrogens (tertiary/aromatic N) is 5. The Kier molecular flexibility index (Phi) is 4.50. The zero-order valence-electron chi connectivity index (χ0n) is 14.7. The monoisotopic (exact) mass is 347 g/mol. The lowest BCUT2D eigenvalue weighted by Gasteiger charge is -2.40. The molecule has 1 aromatic heterocycles. The van der Waals surface area contributed by atoms with Crippen LogP contribution in [0, 0.1) is 0 Å². The van der Waals surface area contributed by atoms with Crippen LogP contribution in [-0.2, 0) is 0 Å². The topological polar surface area (TPSA) is 54.3 Å². The second-order valence-corrected chi connectivity index (χ2v) is 6.61. The second-order valence-electron chi connectivity index (χ2n) is 6.61. The van der Waals surface area contributed by atoms with Crippen LogP contribution in [0.2, 0.25) is 0 Å². The van der Waals surface area contributed by atoms with E-state index in [4.69, 9.17) is 0 Å². The predicted molar refractivity (Wildman–Crippen MR) is 99.1 cm³/mol. The third-order valence-corrected chi connectivity index (χ3v) is 4.84. The van der Waals surface area contributed by atoms with Crippen molar-refractivity contribution in [2.24, 2.45) is 0 Å². The summed E-state index contributed by atoms with van der Waals surface area (Å²) in [6, 6.07) is 17.9. The number of rotatable bonds is 3. The SMILES string of the molecule is CN1CCN(C(=O)c2cccc(-n3cnnc3)c2)[C@@H](c2ccccc2)C1. The molecule has 132 valence electrons. The summed E-state index contributed by atoms with van der Waals surface area (Å²) in [6.45, 7) is 2.42. The van der Waals surface area contributed by atoms with Gasteiger partial charge in [-0.2, -0.15) is 0 Å². The van der Waals surface area contributed by atoms with Gasteiger partial charge in [0.15, 0.2) is 0 Å². The van der Waals surface area contributed by atoms with Crippen LogP contribution in [0.25, 0.3) is 5.69 Å². The number of amides is 1.